The predicted octanol–water partition coefficient (Wildman–Crippen LogP) is 1.22. The van der Waals surface area contributed by atoms with Crippen LogP contribution >= 0.6 is 0 Å². The van der Waals surface area contributed by atoms with Crippen LogP contribution in [-0.2, 0) is 4.74 Å². The third kappa shape index (κ3) is 2.05. The molecule has 3 heteroatoms. The quantitative estimate of drug-likeness (QED) is 0.748. The summed E-state index contributed by atoms with van der Waals surface area (Å²) >= 11 is 0. The normalized spacial score (nSPS) is 47.6. The van der Waals surface area contributed by atoms with Crippen molar-refractivity contribution in [2.75, 3.05) is 19.6 Å². The monoisotopic (exact) mass is 212 g/mol. The molecule has 15 heavy (non-hydrogen) atoms. The van der Waals surface area contributed by atoms with Crippen molar-refractivity contribution < 1.29 is 4.74 Å². The summed E-state index contributed by atoms with van der Waals surface area (Å²) < 4.78 is 5.77. The lowest BCUT2D eigenvalue weighted by Crippen LogP contribution is -2.65. The second-order valence-electron chi connectivity index (χ2n) is 5.60. The van der Waals surface area contributed by atoms with Crippen LogP contribution in [0.3, 0.4) is 0 Å². The molecule has 1 aliphatic carbocycles. The van der Waals surface area contributed by atoms with E-state index in [-0.39, 0.29) is 0 Å². The fraction of sp³-hybridized carbons (Fsp3) is 1.00. The fourth-order valence-corrected chi connectivity index (χ4v) is 3.36. The Kier molecular flexibility index (Phi) is 3.06. The van der Waals surface area contributed by atoms with E-state index in [1.807, 2.05) is 0 Å². The Hall–Kier alpha value is -0.120. The van der Waals surface area contributed by atoms with E-state index in [4.69, 9.17) is 10.5 Å². The molecule has 0 aromatic rings. The molecule has 2 aliphatic rings. The minimum atomic E-state index is 0.297. The first kappa shape index (κ1) is 11.4. The van der Waals surface area contributed by atoms with E-state index in [1.165, 1.54) is 12.8 Å². The van der Waals surface area contributed by atoms with Gasteiger partial charge in [0.2, 0.25) is 0 Å². The first-order chi connectivity index (χ1) is 7.05. The highest BCUT2D eigenvalue weighted by atomic mass is 16.5. The summed E-state index contributed by atoms with van der Waals surface area (Å²) in [7, 11) is 0. The fourth-order valence-electron chi connectivity index (χ4n) is 3.36. The van der Waals surface area contributed by atoms with E-state index in [1.54, 1.807) is 0 Å². The van der Waals surface area contributed by atoms with E-state index in [0.717, 1.165) is 25.6 Å². The van der Waals surface area contributed by atoms with Gasteiger partial charge < -0.3 is 10.5 Å². The van der Waals surface area contributed by atoms with Crippen LogP contribution < -0.4 is 5.73 Å². The standard InChI is InChI=1S/C12H24N2O/c1-9-4-12(5-9,8-13)14-6-10(2)15-11(3)7-14/h9-11H,4-8,13H2,1-3H3. The Morgan fingerprint density at radius 2 is 1.73 bits per heavy atom. The van der Waals surface area contributed by atoms with Crippen LogP contribution in [0.25, 0.3) is 0 Å². The molecule has 1 saturated heterocycles. The highest BCUT2D eigenvalue weighted by Gasteiger charge is 2.47. The summed E-state index contributed by atoms with van der Waals surface area (Å²) in [5.41, 5.74) is 6.27. The Labute approximate surface area is 93.0 Å². The summed E-state index contributed by atoms with van der Waals surface area (Å²) in [5.74, 6) is 0.849. The summed E-state index contributed by atoms with van der Waals surface area (Å²) in [5, 5.41) is 0. The molecule has 2 unspecified atom stereocenters. The molecule has 0 spiro atoms. The second kappa shape index (κ2) is 4.04. The average Bonchev–Trinajstić information content (AvgIpc) is 2.10. The van der Waals surface area contributed by atoms with E-state index >= 15 is 0 Å². The maximum absolute atomic E-state index is 5.97. The van der Waals surface area contributed by atoms with Gasteiger partial charge in [0.1, 0.15) is 0 Å². The third-order valence-corrected chi connectivity index (χ3v) is 3.93. The SMILES string of the molecule is CC1CC(CN)(N2CC(C)OC(C)C2)C1. The molecule has 0 aromatic carbocycles. The van der Waals surface area contributed by atoms with Crippen molar-refractivity contribution in [2.24, 2.45) is 11.7 Å². The largest absolute Gasteiger partial charge is 0.373 e. The maximum Gasteiger partial charge on any atom is 0.0678 e. The zero-order chi connectivity index (χ0) is 11.1. The topological polar surface area (TPSA) is 38.5 Å². The van der Waals surface area contributed by atoms with Gasteiger partial charge in [-0.2, -0.15) is 0 Å². The van der Waals surface area contributed by atoms with Crippen molar-refractivity contribution in [3.8, 4) is 0 Å². The molecule has 2 N–H and O–H groups in total. The van der Waals surface area contributed by atoms with Crippen LogP contribution in [0.15, 0.2) is 0 Å². The van der Waals surface area contributed by atoms with E-state index in [0.29, 0.717) is 17.7 Å². The van der Waals surface area contributed by atoms with Gasteiger partial charge >= 0.3 is 0 Å². The van der Waals surface area contributed by atoms with Crippen molar-refractivity contribution in [2.45, 2.75) is 51.4 Å². The van der Waals surface area contributed by atoms with Crippen molar-refractivity contribution >= 4 is 0 Å². The Bertz CT molecular complexity index is 216. The van der Waals surface area contributed by atoms with Crippen molar-refractivity contribution in [3.05, 3.63) is 0 Å². The predicted molar refractivity (Wildman–Crippen MR) is 61.8 cm³/mol. The van der Waals surface area contributed by atoms with Gasteiger partial charge in [-0.15, -0.1) is 0 Å². The molecule has 1 saturated carbocycles. The highest BCUT2D eigenvalue weighted by molar-refractivity contribution is 5.03. The zero-order valence-electron chi connectivity index (χ0n) is 10.2. The molecule has 0 amide bonds. The Morgan fingerprint density at radius 3 is 2.13 bits per heavy atom. The molecule has 0 bridgehead atoms. The maximum atomic E-state index is 5.97. The number of ether oxygens (including phenoxy) is 1. The van der Waals surface area contributed by atoms with E-state index in [2.05, 4.69) is 25.7 Å². The molecule has 2 rings (SSSR count). The van der Waals surface area contributed by atoms with Gasteiger partial charge in [-0.25, -0.2) is 0 Å². The zero-order valence-corrected chi connectivity index (χ0v) is 10.2. The van der Waals surface area contributed by atoms with Gasteiger partial charge in [0.05, 0.1) is 12.2 Å². The average molecular weight is 212 g/mol. The molecule has 3 nitrogen and oxygen atoms in total. The summed E-state index contributed by atoms with van der Waals surface area (Å²) in [6.07, 6.45) is 3.24. The van der Waals surface area contributed by atoms with Crippen LogP contribution in [0.5, 0.6) is 0 Å². The van der Waals surface area contributed by atoms with Crippen molar-refractivity contribution in [1.82, 2.24) is 4.90 Å². The lowest BCUT2D eigenvalue weighted by Gasteiger charge is -2.56. The second-order valence-corrected chi connectivity index (χ2v) is 5.60. The van der Waals surface area contributed by atoms with Crippen LogP contribution in [-0.4, -0.2) is 42.3 Å². The molecule has 1 aliphatic heterocycles. The first-order valence-corrected chi connectivity index (χ1v) is 6.16. The van der Waals surface area contributed by atoms with Crippen LogP contribution in [0.2, 0.25) is 0 Å². The molecular formula is C12H24N2O. The van der Waals surface area contributed by atoms with Crippen molar-refractivity contribution in [1.29, 1.82) is 0 Å². The lowest BCUT2D eigenvalue weighted by molar-refractivity contribution is -0.127. The van der Waals surface area contributed by atoms with Crippen LogP contribution in [0.1, 0.15) is 33.6 Å². The summed E-state index contributed by atoms with van der Waals surface area (Å²) in [4.78, 5) is 2.58. The number of morpholine rings is 1. The Balaban J connectivity index is 2.02. The third-order valence-electron chi connectivity index (χ3n) is 3.93. The molecular weight excluding hydrogens is 188 g/mol. The highest BCUT2D eigenvalue weighted by Crippen LogP contribution is 2.42. The number of rotatable bonds is 2. The van der Waals surface area contributed by atoms with Crippen LogP contribution in [0.4, 0.5) is 0 Å². The van der Waals surface area contributed by atoms with Crippen molar-refractivity contribution in [3.63, 3.8) is 0 Å². The minimum Gasteiger partial charge on any atom is -0.373 e. The minimum absolute atomic E-state index is 0.297. The molecule has 1 heterocycles. The first-order valence-electron chi connectivity index (χ1n) is 6.16. The number of nitrogens with zero attached hydrogens (tertiary/aromatic N) is 1. The number of hydrogen-bond acceptors (Lipinski definition) is 3. The molecule has 0 aromatic heterocycles. The van der Waals surface area contributed by atoms with E-state index < -0.39 is 0 Å². The molecule has 2 fully saturated rings. The van der Waals surface area contributed by atoms with E-state index in [9.17, 15) is 0 Å². The van der Waals surface area contributed by atoms with Crippen LogP contribution in [0, 0.1) is 5.92 Å². The van der Waals surface area contributed by atoms with Gasteiger partial charge in [0, 0.05) is 25.2 Å². The van der Waals surface area contributed by atoms with Gasteiger partial charge in [-0.3, -0.25) is 4.90 Å². The molecule has 88 valence electrons. The summed E-state index contributed by atoms with van der Waals surface area (Å²) in [6, 6.07) is 0. The number of nitrogens with two attached hydrogens (primary N) is 1. The van der Waals surface area contributed by atoms with Gasteiger partial charge in [-0.05, 0) is 32.6 Å². The molecule has 0 radical (unpaired) electrons. The van der Waals surface area contributed by atoms with Gasteiger partial charge in [0.25, 0.3) is 0 Å². The van der Waals surface area contributed by atoms with Gasteiger partial charge in [-0.1, -0.05) is 6.92 Å². The number of hydrogen-bond donors (Lipinski definition) is 1. The smallest absolute Gasteiger partial charge is 0.0678 e. The summed E-state index contributed by atoms with van der Waals surface area (Å²) in [6.45, 7) is 9.55. The van der Waals surface area contributed by atoms with Gasteiger partial charge in [0.15, 0.2) is 0 Å². The lowest BCUT2D eigenvalue weighted by atomic mass is 9.67. The molecule has 2 atom stereocenters. The Morgan fingerprint density at radius 1 is 1.20 bits per heavy atom.